The Morgan fingerprint density at radius 3 is 2.54 bits per heavy atom. The van der Waals surface area contributed by atoms with Crippen molar-refractivity contribution in [3.63, 3.8) is 0 Å². The molecule has 0 fully saturated rings. The molecule has 0 amide bonds. The fourth-order valence-electron chi connectivity index (χ4n) is 1.85. The average Bonchev–Trinajstić information content (AvgIpc) is 2.38. The van der Waals surface area contributed by atoms with Crippen LogP contribution in [0, 0.1) is 17.6 Å². The van der Waals surface area contributed by atoms with E-state index in [0.29, 0.717) is 12.0 Å². The van der Waals surface area contributed by atoms with E-state index in [2.05, 4.69) is 0 Å². The van der Waals surface area contributed by atoms with E-state index in [1.165, 1.54) is 0 Å². The topological polar surface area (TPSA) is 20.2 Å². The second-order valence-electron chi connectivity index (χ2n) is 3.55. The van der Waals surface area contributed by atoms with Gasteiger partial charge < -0.3 is 5.11 Å². The minimum atomic E-state index is -0.856. The van der Waals surface area contributed by atoms with Gasteiger partial charge in [-0.25, -0.2) is 8.78 Å². The van der Waals surface area contributed by atoms with E-state index in [1.807, 2.05) is 0 Å². The number of fused-ring (bicyclic) bond motifs is 1. The Hall–Kier alpha value is -0.960. The summed E-state index contributed by atoms with van der Waals surface area (Å²) in [6.07, 6.45) is -0.439. The maximum Gasteiger partial charge on any atom is 0.129 e. The van der Waals surface area contributed by atoms with Crippen molar-refractivity contribution in [2.24, 2.45) is 5.92 Å². The Bertz CT molecular complexity index is 349. The van der Waals surface area contributed by atoms with E-state index in [-0.39, 0.29) is 11.5 Å². The lowest BCUT2D eigenvalue weighted by atomic mass is 10.1. The van der Waals surface area contributed by atoms with Gasteiger partial charge in [0.05, 0.1) is 6.10 Å². The molecule has 2 unspecified atom stereocenters. The van der Waals surface area contributed by atoms with Crippen molar-refractivity contribution in [3.05, 3.63) is 34.9 Å². The van der Waals surface area contributed by atoms with Gasteiger partial charge in [-0.1, -0.05) is 6.92 Å². The third-order valence-electron chi connectivity index (χ3n) is 2.61. The van der Waals surface area contributed by atoms with Crippen molar-refractivity contribution in [2.75, 3.05) is 0 Å². The molecule has 0 aliphatic heterocycles. The molecule has 1 aliphatic carbocycles. The predicted molar refractivity (Wildman–Crippen MR) is 44.2 cm³/mol. The van der Waals surface area contributed by atoms with E-state index >= 15 is 0 Å². The van der Waals surface area contributed by atoms with E-state index in [4.69, 9.17) is 0 Å². The maximum atomic E-state index is 13.2. The normalized spacial score (nSPS) is 26.2. The highest BCUT2D eigenvalue weighted by atomic mass is 19.1. The van der Waals surface area contributed by atoms with E-state index in [9.17, 15) is 13.9 Å². The van der Waals surface area contributed by atoms with E-state index < -0.39 is 17.7 Å². The smallest absolute Gasteiger partial charge is 0.129 e. The Labute approximate surface area is 75.0 Å². The highest BCUT2D eigenvalue weighted by molar-refractivity contribution is 5.36. The van der Waals surface area contributed by atoms with Crippen LogP contribution in [0.15, 0.2) is 12.1 Å². The van der Waals surface area contributed by atoms with Crippen LogP contribution in [0.25, 0.3) is 0 Å². The number of halogens is 2. The third kappa shape index (κ3) is 1.15. The molecule has 0 aromatic heterocycles. The number of aliphatic hydroxyl groups excluding tert-OH is 1. The Balaban J connectivity index is 2.61. The van der Waals surface area contributed by atoms with Crippen LogP contribution < -0.4 is 0 Å². The van der Waals surface area contributed by atoms with Gasteiger partial charge in [0.2, 0.25) is 0 Å². The quantitative estimate of drug-likeness (QED) is 0.655. The zero-order valence-electron chi connectivity index (χ0n) is 7.22. The lowest BCUT2D eigenvalue weighted by Gasteiger charge is -2.08. The standard InChI is InChI=1S/C10H10F2O/c1-5-4-6-7(11)2-3-8(12)9(6)10(5)13/h2-3,5,10,13H,4H2,1H3. The summed E-state index contributed by atoms with van der Waals surface area (Å²) in [7, 11) is 0. The fraction of sp³-hybridized carbons (Fsp3) is 0.400. The molecule has 1 aromatic rings. The van der Waals surface area contributed by atoms with Crippen LogP contribution in [-0.4, -0.2) is 5.11 Å². The summed E-state index contributed by atoms with van der Waals surface area (Å²) >= 11 is 0. The Kier molecular flexibility index (Phi) is 1.84. The summed E-state index contributed by atoms with van der Waals surface area (Å²) in [6.45, 7) is 1.78. The summed E-state index contributed by atoms with van der Waals surface area (Å²) in [6, 6.07) is 2.17. The first kappa shape index (κ1) is 8.63. The zero-order valence-corrected chi connectivity index (χ0v) is 7.22. The summed E-state index contributed by atoms with van der Waals surface area (Å²) in [4.78, 5) is 0. The second-order valence-corrected chi connectivity index (χ2v) is 3.55. The zero-order chi connectivity index (χ0) is 9.59. The van der Waals surface area contributed by atoms with Gasteiger partial charge >= 0.3 is 0 Å². The number of rotatable bonds is 0. The molecule has 0 spiro atoms. The van der Waals surface area contributed by atoms with Crippen LogP contribution in [0.5, 0.6) is 0 Å². The van der Waals surface area contributed by atoms with Gasteiger partial charge in [0.15, 0.2) is 0 Å². The molecular weight excluding hydrogens is 174 g/mol. The highest BCUT2D eigenvalue weighted by Crippen LogP contribution is 2.38. The number of hydrogen-bond donors (Lipinski definition) is 1. The Morgan fingerprint density at radius 1 is 1.31 bits per heavy atom. The van der Waals surface area contributed by atoms with Gasteiger partial charge in [-0.2, -0.15) is 0 Å². The summed E-state index contributed by atoms with van der Waals surface area (Å²) in [5.74, 6) is -1.02. The molecule has 13 heavy (non-hydrogen) atoms. The summed E-state index contributed by atoms with van der Waals surface area (Å²) in [5.41, 5.74) is 0.479. The lowest BCUT2D eigenvalue weighted by Crippen LogP contribution is -2.02. The molecule has 1 nitrogen and oxygen atoms in total. The van der Waals surface area contributed by atoms with Gasteiger partial charge in [-0.05, 0) is 30.0 Å². The maximum absolute atomic E-state index is 13.2. The van der Waals surface area contributed by atoms with Gasteiger partial charge in [0.25, 0.3) is 0 Å². The van der Waals surface area contributed by atoms with Crippen molar-refractivity contribution in [1.82, 2.24) is 0 Å². The van der Waals surface area contributed by atoms with Crippen LogP contribution in [0.4, 0.5) is 8.78 Å². The van der Waals surface area contributed by atoms with E-state index in [0.717, 1.165) is 12.1 Å². The van der Waals surface area contributed by atoms with Crippen molar-refractivity contribution >= 4 is 0 Å². The van der Waals surface area contributed by atoms with Gasteiger partial charge in [-0.15, -0.1) is 0 Å². The van der Waals surface area contributed by atoms with Gasteiger partial charge in [0, 0.05) is 5.56 Å². The number of aliphatic hydroxyl groups is 1. The lowest BCUT2D eigenvalue weighted by molar-refractivity contribution is 0.129. The molecule has 0 saturated heterocycles. The molecule has 0 saturated carbocycles. The Morgan fingerprint density at radius 2 is 1.92 bits per heavy atom. The van der Waals surface area contributed by atoms with Crippen LogP contribution in [0.1, 0.15) is 24.2 Å². The molecule has 0 bridgehead atoms. The molecule has 0 radical (unpaired) electrons. The van der Waals surface area contributed by atoms with Crippen LogP contribution >= 0.6 is 0 Å². The SMILES string of the molecule is CC1Cc2c(F)ccc(F)c2C1O. The third-order valence-corrected chi connectivity index (χ3v) is 2.61. The van der Waals surface area contributed by atoms with Crippen molar-refractivity contribution in [2.45, 2.75) is 19.4 Å². The molecular formula is C10H10F2O. The molecule has 0 heterocycles. The van der Waals surface area contributed by atoms with Crippen molar-refractivity contribution < 1.29 is 13.9 Å². The van der Waals surface area contributed by atoms with Gasteiger partial charge in [0.1, 0.15) is 11.6 Å². The number of benzene rings is 1. The first-order valence-electron chi connectivity index (χ1n) is 4.26. The van der Waals surface area contributed by atoms with Crippen LogP contribution in [0.3, 0.4) is 0 Å². The molecule has 70 valence electrons. The first-order chi connectivity index (χ1) is 6.11. The fourth-order valence-corrected chi connectivity index (χ4v) is 1.85. The minimum Gasteiger partial charge on any atom is -0.388 e. The molecule has 1 aliphatic rings. The summed E-state index contributed by atoms with van der Waals surface area (Å²) < 4.78 is 26.3. The molecule has 1 aromatic carbocycles. The van der Waals surface area contributed by atoms with Gasteiger partial charge in [-0.3, -0.25) is 0 Å². The predicted octanol–water partition coefficient (Wildman–Crippen LogP) is 2.19. The van der Waals surface area contributed by atoms with Crippen molar-refractivity contribution in [3.8, 4) is 0 Å². The highest BCUT2D eigenvalue weighted by Gasteiger charge is 2.32. The van der Waals surface area contributed by atoms with Crippen molar-refractivity contribution in [1.29, 1.82) is 0 Å². The average molecular weight is 184 g/mol. The largest absolute Gasteiger partial charge is 0.388 e. The van der Waals surface area contributed by atoms with Crippen LogP contribution in [0.2, 0.25) is 0 Å². The summed E-state index contributed by atoms with van der Waals surface area (Å²) in [5, 5.41) is 9.55. The molecule has 1 N–H and O–H groups in total. The molecule has 2 atom stereocenters. The van der Waals surface area contributed by atoms with Crippen LogP contribution in [-0.2, 0) is 6.42 Å². The first-order valence-corrected chi connectivity index (χ1v) is 4.26. The molecule has 2 rings (SSSR count). The second kappa shape index (κ2) is 2.77. The minimum absolute atomic E-state index is 0.0959. The number of hydrogen-bond acceptors (Lipinski definition) is 1. The molecule has 3 heteroatoms. The monoisotopic (exact) mass is 184 g/mol. The van der Waals surface area contributed by atoms with E-state index in [1.54, 1.807) is 6.92 Å².